The molecule has 0 aliphatic heterocycles. The standard InChI is InChI=1S/C10H11NO4/c1-15-9-3-7(4-11-5-9)2-8(6-12)10(13)14/h3-6,8H,2H2,1H3,(H,13,14). The SMILES string of the molecule is COc1cncc(CC(C=O)C(=O)O)c1. The lowest BCUT2D eigenvalue weighted by molar-refractivity contribution is -0.143. The number of aldehydes is 1. The minimum absolute atomic E-state index is 0.128. The van der Waals surface area contributed by atoms with Crippen molar-refractivity contribution >= 4 is 12.3 Å². The van der Waals surface area contributed by atoms with E-state index in [2.05, 4.69) is 4.98 Å². The third kappa shape index (κ3) is 3.05. The number of pyridine rings is 1. The number of methoxy groups -OCH3 is 1. The summed E-state index contributed by atoms with van der Waals surface area (Å²) in [6.45, 7) is 0. The molecule has 0 radical (unpaired) electrons. The van der Waals surface area contributed by atoms with Crippen molar-refractivity contribution in [3.8, 4) is 5.75 Å². The van der Waals surface area contributed by atoms with E-state index in [0.717, 1.165) is 0 Å². The van der Waals surface area contributed by atoms with Crippen LogP contribution in [0.4, 0.5) is 0 Å². The summed E-state index contributed by atoms with van der Waals surface area (Å²) in [6.07, 6.45) is 3.58. The Hall–Kier alpha value is -1.91. The molecule has 0 saturated heterocycles. The molecule has 1 atom stereocenters. The summed E-state index contributed by atoms with van der Waals surface area (Å²) in [5, 5.41) is 8.68. The molecule has 0 spiro atoms. The number of carboxylic acids is 1. The highest BCUT2D eigenvalue weighted by atomic mass is 16.5. The topological polar surface area (TPSA) is 76.5 Å². The summed E-state index contributed by atoms with van der Waals surface area (Å²) in [5.74, 6) is -1.62. The number of ether oxygens (including phenoxy) is 1. The van der Waals surface area contributed by atoms with Crippen molar-refractivity contribution in [2.24, 2.45) is 5.92 Å². The quantitative estimate of drug-likeness (QED) is 0.565. The van der Waals surface area contributed by atoms with Gasteiger partial charge in [-0.25, -0.2) is 0 Å². The van der Waals surface area contributed by atoms with E-state index in [1.807, 2.05) is 0 Å². The summed E-state index contributed by atoms with van der Waals surface area (Å²) in [5.41, 5.74) is 0.661. The van der Waals surface area contributed by atoms with Crippen LogP contribution in [-0.4, -0.2) is 29.5 Å². The maximum atomic E-state index is 10.6. The molecule has 15 heavy (non-hydrogen) atoms. The van der Waals surface area contributed by atoms with E-state index >= 15 is 0 Å². The van der Waals surface area contributed by atoms with Crippen molar-refractivity contribution in [3.63, 3.8) is 0 Å². The first-order chi connectivity index (χ1) is 7.17. The number of carbonyl (C=O) groups is 2. The second-order valence-corrected chi connectivity index (χ2v) is 3.02. The third-order valence-electron chi connectivity index (χ3n) is 1.94. The first-order valence-corrected chi connectivity index (χ1v) is 4.33. The van der Waals surface area contributed by atoms with E-state index < -0.39 is 11.9 Å². The molecule has 80 valence electrons. The Morgan fingerprint density at radius 3 is 2.93 bits per heavy atom. The van der Waals surface area contributed by atoms with Gasteiger partial charge in [-0.1, -0.05) is 0 Å². The number of nitrogens with zero attached hydrogens (tertiary/aromatic N) is 1. The van der Waals surface area contributed by atoms with Crippen LogP contribution in [-0.2, 0) is 16.0 Å². The largest absolute Gasteiger partial charge is 0.495 e. The summed E-state index contributed by atoms with van der Waals surface area (Å²) in [7, 11) is 1.50. The normalized spacial score (nSPS) is 11.8. The van der Waals surface area contributed by atoms with Crippen LogP contribution < -0.4 is 4.74 Å². The van der Waals surface area contributed by atoms with E-state index in [4.69, 9.17) is 9.84 Å². The summed E-state index contributed by atoms with van der Waals surface area (Å²) >= 11 is 0. The number of hydrogen-bond donors (Lipinski definition) is 1. The van der Waals surface area contributed by atoms with Gasteiger partial charge in [0.05, 0.1) is 13.3 Å². The molecule has 1 rings (SSSR count). The number of carboxylic acid groups (broad SMARTS) is 1. The second kappa shape index (κ2) is 5.09. The number of hydrogen-bond acceptors (Lipinski definition) is 4. The first-order valence-electron chi connectivity index (χ1n) is 4.33. The van der Waals surface area contributed by atoms with Crippen LogP contribution in [0.2, 0.25) is 0 Å². The molecule has 0 fully saturated rings. The number of aromatic nitrogens is 1. The van der Waals surface area contributed by atoms with Gasteiger partial charge in [0.2, 0.25) is 0 Å². The highest BCUT2D eigenvalue weighted by Gasteiger charge is 2.17. The molecule has 5 nitrogen and oxygen atoms in total. The first kappa shape index (κ1) is 11.2. The van der Waals surface area contributed by atoms with E-state index in [9.17, 15) is 9.59 Å². The molecule has 5 heteroatoms. The zero-order valence-corrected chi connectivity index (χ0v) is 8.21. The van der Waals surface area contributed by atoms with E-state index in [1.165, 1.54) is 19.5 Å². The predicted octanol–water partition coefficient (Wildman–Crippen LogP) is 0.532. The van der Waals surface area contributed by atoms with Crippen LogP contribution in [0.25, 0.3) is 0 Å². The van der Waals surface area contributed by atoms with Gasteiger partial charge in [0.1, 0.15) is 18.0 Å². The van der Waals surface area contributed by atoms with Gasteiger partial charge in [0.25, 0.3) is 0 Å². The Kier molecular flexibility index (Phi) is 3.79. The molecule has 0 aliphatic carbocycles. The Bertz CT molecular complexity index is 364. The van der Waals surface area contributed by atoms with Crippen molar-refractivity contribution in [1.29, 1.82) is 0 Å². The minimum Gasteiger partial charge on any atom is -0.495 e. The fraction of sp³-hybridized carbons (Fsp3) is 0.300. The molecular formula is C10H11NO4. The van der Waals surface area contributed by atoms with Gasteiger partial charge in [0.15, 0.2) is 0 Å². The Balaban J connectivity index is 2.78. The molecule has 0 aliphatic rings. The Labute approximate surface area is 86.7 Å². The molecule has 1 N–H and O–H groups in total. The molecule has 1 heterocycles. The van der Waals surface area contributed by atoms with Gasteiger partial charge >= 0.3 is 5.97 Å². The Morgan fingerprint density at radius 1 is 1.67 bits per heavy atom. The van der Waals surface area contributed by atoms with Gasteiger partial charge in [-0.2, -0.15) is 0 Å². The van der Waals surface area contributed by atoms with Crippen LogP contribution in [0.5, 0.6) is 5.75 Å². The van der Waals surface area contributed by atoms with Crippen LogP contribution in [0.1, 0.15) is 5.56 Å². The summed E-state index contributed by atoms with van der Waals surface area (Å²) in [6, 6.07) is 1.66. The molecule has 0 bridgehead atoms. The van der Waals surface area contributed by atoms with Crippen LogP contribution in [0, 0.1) is 5.92 Å². The fourth-order valence-electron chi connectivity index (χ4n) is 1.13. The van der Waals surface area contributed by atoms with Crippen LogP contribution >= 0.6 is 0 Å². The molecule has 0 aromatic carbocycles. The van der Waals surface area contributed by atoms with Crippen molar-refractivity contribution in [2.75, 3.05) is 7.11 Å². The van der Waals surface area contributed by atoms with Crippen LogP contribution in [0.3, 0.4) is 0 Å². The smallest absolute Gasteiger partial charge is 0.314 e. The lowest BCUT2D eigenvalue weighted by atomic mass is 10.0. The average molecular weight is 209 g/mol. The maximum absolute atomic E-state index is 10.6. The predicted molar refractivity (Wildman–Crippen MR) is 51.7 cm³/mol. The van der Waals surface area contributed by atoms with E-state index in [1.54, 1.807) is 6.07 Å². The zero-order valence-electron chi connectivity index (χ0n) is 8.21. The highest BCUT2D eigenvalue weighted by molar-refractivity contribution is 5.86. The lowest BCUT2D eigenvalue weighted by Crippen LogP contribution is -2.17. The zero-order chi connectivity index (χ0) is 11.3. The van der Waals surface area contributed by atoms with Gasteiger partial charge in [-0.05, 0) is 18.1 Å². The fourth-order valence-corrected chi connectivity index (χ4v) is 1.13. The molecule has 1 aromatic heterocycles. The van der Waals surface area contributed by atoms with Crippen molar-refractivity contribution in [3.05, 3.63) is 24.0 Å². The van der Waals surface area contributed by atoms with Crippen molar-refractivity contribution < 1.29 is 19.4 Å². The number of carbonyl (C=O) groups excluding carboxylic acids is 1. The monoisotopic (exact) mass is 209 g/mol. The minimum atomic E-state index is -1.13. The van der Waals surface area contributed by atoms with Crippen molar-refractivity contribution in [1.82, 2.24) is 4.98 Å². The molecule has 0 amide bonds. The van der Waals surface area contributed by atoms with E-state index in [-0.39, 0.29) is 6.42 Å². The summed E-state index contributed by atoms with van der Waals surface area (Å²) in [4.78, 5) is 24.9. The van der Waals surface area contributed by atoms with Gasteiger partial charge < -0.3 is 14.6 Å². The van der Waals surface area contributed by atoms with E-state index in [0.29, 0.717) is 17.6 Å². The van der Waals surface area contributed by atoms with Crippen LogP contribution in [0.15, 0.2) is 18.5 Å². The molecule has 0 saturated carbocycles. The van der Waals surface area contributed by atoms with Crippen molar-refractivity contribution in [2.45, 2.75) is 6.42 Å². The molecular weight excluding hydrogens is 198 g/mol. The molecule has 1 unspecified atom stereocenters. The second-order valence-electron chi connectivity index (χ2n) is 3.02. The van der Waals surface area contributed by atoms with Gasteiger partial charge in [-0.15, -0.1) is 0 Å². The molecule has 1 aromatic rings. The van der Waals surface area contributed by atoms with Gasteiger partial charge in [-0.3, -0.25) is 9.78 Å². The average Bonchev–Trinajstić information content (AvgIpc) is 2.25. The highest BCUT2D eigenvalue weighted by Crippen LogP contribution is 2.13. The lowest BCUT2D eigenvalue weighted by Gasteiger charge is -2.05. The number of rotatable bonds is 5. The third-order valence-corrected chi connectivity index (χ3v) is 1.94. The Morgan fingerprint density at radius 2 is 2.40 bits per heavy atom. The number of aliphatic carboxylic acids is 1. The summed E-state index contributed by atoms with van der Waals surface area (Å²) < 4.78 is 4.93. The maximum Gasteiger partial charge on any atom is 0.314 e. The van der Waals surface area contributed by atoms with Gasteiger partial charge in [0, 0.05) is 6.20 Å².